The van der Waals surface area contributed by atoms with Gasteiger partial charge in [0.2, 0.25) is 0 Å². The molecule has 2 amide bonds. The van der Waals surface area contributed by atoms with E-state index in [1.807, 2.05) is 6.07 Å². The lowest BCUT2D eigenvalue weighted by Crippen LogP contribution is -2.38. The molecule has 0 radical (unpaired) electrons. The van der Waals surface area contributed by atoms with Crippen LogP contribution in [0.3, 0.4) is 0 Å². The lowest BCUT2D eigenvalue weighted by Gasteiger charge is -2.11. The molecule has 0 bridgehead atoms. The SMILES string of the molecule is CC(CC(=O)Oc1ccccc1)NC(N)=O. The summed E-state index contributed by atoms with van der Waals surface area (Å²) in [6, 6.07) is 7.75. The summed E-state index contributed by atoms with van der Waals surface area (Å²) in [5, 5.41) is 2.40. The molecule has 0 heterocycles. The number of carbonyl (C=O) groups is 2. The first-order valence-corrected chi connectivity index (χ1v) is 4.89. The van der Waals surface area contributed by atoms with E-state index in [0.29, 0.717) is 5.75 Å². The molecule has 0 spiro atoms. The molecule has 0 saturated carbocycles. The first-order chi connectivity index (χ1) is 7.58. The molecule has 3 N–H and O–H groups in total. The molecule has 1 rings (SSSR count). The van der Waals surface area contributed by atoms with E-state index < -0.39 is 12.0 Å². The number of carbonyl (C=O) groups excluding carboxylic acids is 2. The molecule has 1 aromatic carbocycles. The Kier molecular flexibility index (Phi) is 4.32. The van der Waals surface area contributed by atoms with Crippen molar-refractivity contribution in [3.05, 3.63) is 30.3 Å². The van der Waals surface area contributed by atoms with Gasteiger partial charge in [-0.1, -0.05) is 18.2 Å². The second kappa shape index (κ2) is 5.75. The Labute approximate surface area is 93.6 Å². The van der Waals surface area contributed by atoms with Gasteiger partial charge in [0.25, 0.3) is 0 Å². The van der Waals surface area contributed by atoms with E-state index in [-0.39, 0.29) is 12.5 Å². The maximum absolute atomic E-state index is 11.4. The van der Waals surface area contributed by atoms with Gasteiger partial charge in [0.15, 0.2) is 0 Å². The summed E-state index contributed by atoms with van der Waals surface area (Å²) in [5.74, 6) is 0.0752. The van der Waals surface area contributed by atoms with E-state index in [2.05, 4.69) is 5.32 Å². The molecule has 0 aliphatic rings. The van der Waals surface area contributed by atoms with Gasteiger partial charge in [-0.05, 0) is 19.1 Å². The zero-order valence-corrected chi connectivity index (χ0v) is 8.97. The van der Waals surface area contributed by atoms with E-state index in [4.69, 9.17) is 10.5 Å². The maximum atomic E-state index is 11.4. The molecule has 0 aliphatic carbocycles. The van der Waals surface area contributed by atoms with Gasteiger partial charge in [-0.2, -0.15) is 0 Å². The van der Waals surface area contributed by atoms with Crippen LogP contribution >= 0.6 is 0 Å². The molecule has 0 aromatic heterocycles. The molecule has 5 nitrogen and oxygen atoms in total. The second-order valence-electron chi connectivity index (χ2n) is 3.40. The number of urea groups is 1. The molecule has 86 valence electrons. The zero-order valence-electron chi connectivity index (χ0n) is 8.97. The standard InChI is InChI=1S/C11H14N2O3/c1-8(13-11(12)15)7-10(14)16-9-5-3-2-4-6-9/h2-6,8H,7H2,1H3,(H3,12,13,15). The molecule has 1 unspecified atom stereocenters. The van der Waals surface area contributed by atoms with Crippen LogP contribution in [-0.2, 0) is 4.79 Å². The highest BCUT2D eigenvalue weighted by Crippen LogP contribution is 2.09. The number of nitrogens with two attached hydrogens (primary N) is 1. The van der Waals surface area contributed by atoms with Crippen LogP contribution in [0.1, 0.15) is 13.3 Å². The van der Waals surface area contributed by atoms with E-state index in [1.165, 1.54) is 0 Å². The first kappa shape index (κ1) is 12.0. The van der Waals surface area contributed by atoms with Crippen LogP contribution in [0.25, 0.3) is 0 Å². The van der Waals surface area contributed by atoms with E-state index >= 15 is 0 Å². The summed E-state index contributed by atoms with van der Waals surface area (Å²) in [7, 11) is 0. The summed E-state index contributed by atoms with van der Waals surface area (Å²) in [5.41, 5.74) is 4.92. The highest BCUT2D eigenvalue weighted by atomic mass is 16.5. The van der Waals surface area contributed by atoms with Gasteiger partial charge in [0.1, 0.15) is 5.75 Å². The molecular weight excluding hydrogens is 208 g/mol. The van der Waals surface area contributed by atoms with Crippen molar-refractivity contribution in [2.24, 2.45) is 5.73 Å². The quantitative estimate of drug-likeness (QED) is 0.590. The highest BCUT2D eigenvalue weighted by Gasteiger charge is 2.11. The third-order valence-corrected chi connectivity index (χ3v) is 1.84. The summed E-state index contributed by atoms with van der Waals surface area (Å²) in [6.45, 7) is 1.68. The van der Waals surface area contributed by atoms with Gasteiger partial charge < -0.3 is 15.8 Å². The third kappa shape index (κ3) is 4.45. The number of ether oxygens (including phenoxy) is 1. The molecule has 0 saturated heterocycles. The number of hydrogen-bond acceptors (Lipinski definition) is 3. The van der Waals surface area contributed by atoms with Gasteiger partial charge in [0.05, 0.1) is 6.42 Å². The predicted octanol–water partition coefficient (Wildman–Crippen LogP) is 1.04. The van der Waals surface area contributed by atoms with Crippen molar-refractivity contribution in [2.75, 3.05) is 0 Å². The fourth-order valence-corrected chi connectivity index (χ4v) is 1.21. The molecule has 0 aliphatic heterocycles. The fraction of sp³-hybridized carbons (Fsp3) is 0.273. The van der Waals surface area contributed by atoms with E-state index in [0.717, 1.165) is 0 Å². The number of rotatable bonds is 4. The van der Waals surface area contributed by atoms with Crippen LogP contribution in [0.2, 0.25) is 0 Å². The smallest absolute Gasteiger partial charge is 0.313 e. The Bertz CT molecular complexity index is 365. The van der Waals surface area contributed by atoms with Crippen LogP contribution in [0.15, 0.2) is 30.3 Å². The first-order valence-electron chi connectivity index (χ1n) is 4.89. The molecule has 1 atom stereocenters. The van der Waals surface area contributed by atoms with Crippen molar-refractivity contribution in [3.8, 4) is 5.75 Å². The number of primary amides is 1. The second-order valence-corrected chi connectivity index (χ2v) is 3.40. The summed E-state index contributed by atoms with van der Waals surface area (Å²) >= 11 is 0. The van der Waals surface area contributed by atoms with Gasteiger partial charge in [0, 0.05) is 6.04 Å². The van der Waals surface area contributed by atoms with Gasteiger partial charge in [-0.3, -0.25) is 4.79 Å². The van der Waals surface area contributed by atoms with Crippen molar-refractivity contribution in [1.29, 1.82) is 0 Å². The lowest BCUT2D eigenvalue weighted by molar-refractivity contribution is -0.134. The largest absolute Gasteiger partial charge is 0.426 e. The Morgan fingerprint density at radius 1 is 1.38 bits per heavy atom. The molecule has 5 heteroatoms. The number of benzene rings is 1. The van der Waals surface area contributed by atoms with Crippen LogP contribution in [0.4, 0.5) is 4.79 Å². The Balaban J connectivity index is 2.39. The van der Waals surface area contributed by atoms with Crippen molar-refractivity contribution >= 4 is 12.0 Å². The van der Waals surface area contributed by atoms with Gasteiger partial charge >= 0.3 is 12.0 Å². The summed E-state index contributed by atoms with van der Waals surface area (Å²) in [6.07, 6.45) is 0.0812. The molecule has 16 heavy (non-hydrogen) atoms. The molecule has 1 aromatic rings. The van der Waals surface area contributed by atoms with Crippen molar-refractivity contribution in [1.82, 2.24) is 5.32 Å². The number of nitrogens with one attached hydrogen (secondary N) is 1. The van der Waals surface area contributed by atoms with E-state index in [1.54, 1.807) is 31.2 Å². The van der Waals surface area contributed by atoms with Crippen molar-refractivity contribution in [3.63, 3.8) is 0 Å². The molecular formula is C11H14N2O3. The average Bonchev–Trinajstić information content (AvgIpc) is 2.17. The summed E-state index contributed by atoms with van der Waals surface area (Å²) < 4.78 is 5.04. The number of para-hydroxylation sites is 1. The van der Waals surface area contributed by atoms with Gasteiger partial charge in [-0.25, -0.2) is 4.79 Å². The fourth-order valence-electron chi connectivity index (χ4n) is 1.21. The normalized spacial score (nSPS) is 11.6. The Hall–Kier alpha value is -2.04. The topological polar surface area (TPSA) is 81.4 Å². The van der Waals surface area contributed by atoms with Crippen LogP contribution in [0.5, 0.6) is 5.75 Å². The Morgan fingerprint density at radius 3 is 2.56 bits per heavy atom. The average molecular weight is 222 g/mol. The third-order valence-electron chi connectivity index (χ3n) is 1.84. The van der Waals surface area contributed by atoms with Crippen LogP contribution in [0, 0.1) is 0 Å². The Morgan fingerprint density at radius 2 is 2.00 bits per heavy atom. The predicted molar refractivity (Wildman–Crippen MR) is 58.9 cm³/mol. The maximum Gasteiger partial charge on any atom is 0.313 e. The van der Waals surface area contributed by atoms with Crippen LogP contribution in [-0.4, -0.2) is 18.0 Å². The number of amides is 2. The summed E-state index contributed by atoms with van der Waals surface area (Å²) in [4.78, 5) is 21.9. The number of hydrogen-bond donors (Lipinski definition) is 2. The van der Waals surface area contributed by atoms with Gasteiger partial charge in [-0.15, -0.1) is 0 Å². The van der Waals surface area contributed by atoms with Crippen molar-refractivity contribution in [2.45, 2.75) is 19.4 Å². The monoisotopic (exact) mass is 222 g/mol. The minimum Gasteiger partial charge on any atom is -0.426 e. The molecule has 0 fully saturated rings. The van der Waals surface area contributed by atoms with Crippen molar-refractivity contribution < 1.29 is 14.3 Å². The highest BCUT2D eigenvalue weighted by molar-refractivity contribution is 5.75. The van der Waals surface area contributed by atoms with E-state index in [9.17, 15) is 9.59 Å². The minimum absolute atomic E-state index is 0.0812. The lowest BCUT2D eigenvalue weighted by atomic mass is 10.2. The zero-order chi connectivity index (χ0) is 12.0. The minimum atomic E-state index is -0.653. The van der Waals surface area contributed by atoms with Crippen LogP contribution < -0.4 is 15.8 Å². The number of esters is 1.